The normalized spacial score (nSPS) is 10.9. The summed E-state index contributed by atoms with van der Waals surface area (Å²) in [6.07, 6.45) is 3.31. The third kappa shape index (κ3) is 2.20. The van der Waals surface area contributed by atoms with E-state index in [1.807, 2.05) is 13.0 Å². The number of carbonyl (C=O) groups is 1. The van der Waals surface area contributed by atoms with E-state index in [-0.39, 0.29) is 11.3 Å². The van der Waals surface area contributed by atoms with Crippen LogP contribution < -0.4 is 5.56 Å². The van der Waals surface area contributed by atoms with E-state index in [2.05, 4.69) is 9.97 Å². The molecule has 0 aliphatic carbocycles. The van der Waals surface area contributed by atoms with Crippen LogP contribution in [0.3, 0.4) is 0 Å². The Morgan fingerprint density at radius 3 is 2.68 bits per heavy atom. The maximum atomic E-state index is 12.6. The van der Waals surface area contributed by atoms with Crippen LogP contribution in [0.2, 0.25) is 0 Å². The van der Waals surface area contributed by atoms with Crippen molar-refractivity contribution in [3.8, 4) is 11.4 Å². The van der Waals surface area contributed by atoms with Gasteiger partial charge in [-0.15, -0.1) is 0 Å². The molecule has 0 spiro atoms. The summed E-state index contributed by atoms with van der Waals surface area (Å²) in [5.74, 6) is 0.392. The lowest BCUT2D eigenvalue weighted by molar-refractivity contribution is 0.101. The SMILES string of the molecule is CC(=O)c1cc(C)cc2c(=O)n(C)c(-c3cccnc3)nc12. The molecule has 3 rings (SSSR count). The number of hydrogen-bond acceptors (Lipinski definition) is 4. The molecule has 3 aromatic rings. The molecule has 1 aromatic carbocycles. The second-order valence-electron chi connectivity index (χ2n) is 5.31. The van der Waals surface area contributed by atoms with Crippen molar-refractivity contribution < 1.29 is 4.79 Å². The summed E-state index contributed by atoms with van der Waals surface area (Å²) in [5.41, 5.74) is 2.35. The van der Waals surface area contributed by atoms with Gasteiger partial charge in [0.15, 0.2) is 5.78 Å². The summed E-state index contributed by atoms with van der Waals surface area (Å²) in [4.78, 5) is 33.2. The standard InChI is InChI=1S/C17H15N3O2/c1-10-7-13(11(2)21)15-14(8-10)17(22)20(3)16(19-15)12-5-4-6-18-9-12/h4-9H,1-3H3. The van der Waals surface area contributed by atoms with Gasteiger partial charge in [0.1, 0.15) is 5.82 Å². The lowest BCUT2D eigenvalue weighted by atomic mass is 10.0. The number of pyridine rings is 1. The Bertz CT molecular complexity index is 944. The molecule has 0 atom stereocenters. The second kappa shape index (κ2) is 5.18. The first-order valence-corrected chi connectivity index (χ1v) is 6.92. The molecule has 0 bridgehead atoms. The first-order valence-electron chi connectivity index (χ1n) is 6.92. The highest BCUT2D eigenvalue weighted by molar-refractivity contribution is 6.05. The zero-order valence-electron chi connectivity index (χ0n) is 12.6. The quantitative estimate of drug-likeness (QED) is 0.681. The van der Waals surface area contributed by atoms with Crippen LogP contribution in [0.1, 0.15) is 22.8 Å². The number of benzene rings is 1. The van der Waals surface area contributed by atoms with Gasteiger partial charge in [0, 0.05) is 30.6 Å². The molecular formula is C17H15N3O2. The fourth-order valence-corrected chi connectivity index (χ4v) is 2.54. The number of carbonyl (C=O) groups excluding carboxylic acids is 1. The van der Waals surface area contributed by atoms with Crippen molar-refractivity contribution in [3.05, 3.63) is 58.1 Å². The van der Waals surface area contributed by atoms with E-state index in [1.165, 1.54) is 11.5 Å². The van der Waals surface area contributed by atoms with Crippen molar-refractivity contribution in [2.75, 3.05) is 0 Å². The molecule has 0 amide bonds. The highest BCUT2D eigenvalue weighted by atomic mass is 16.1. The Hall–Kier alpha value is -2.82. The molecule has 0 saturated carbocycles. The number of aromatic nitrogens is 3. The Kier molecular flexibility index (Phi) is 3.33. The zero-order valence-corrected chi connectivity index (χ0v) is 12.6. The van der Waals surface area contributed by atoms with Gasteiger partial charge in [-0.25, -0.2) is 4.98 Å². The third-order valence-corrected chi connectivity index (χ3v) is 3.62. The maximum absolute atomic E-state index is 12.6. The number of nitrogens with zero attached hydrogens (tertiary/aromatic N) is 3. The number of rotatable bonds is 2. The number of hydrogen-bond donors (Lipinski definition) is 0. The molecular weight excluding hydrogens is 278 g/mol. The van der Waals surface area contributed by atoms with Crippen LogP contribution in [0.5, 0.6) is 0 Å². The van der Waals surface area contributed by atoms with E-state index in [4.69, 9.17) is 0 Å². The maximum Gasteiger partial charge on any atom is 0.261 e. The van der Waals surface area contributed by atoms with E-state index in [0.717, 1.165) is 11.1 Å². The van der Waals surface area contributed by atoms with Crippen molar-refractivity contribution in [2.24, 2.45) is 7.05 Å². The van der Waals surface area contributed by atoms with Gasteiger partial charge in [-0.3, -0.25) is 19.1 Å². The Morgan fingerprint density at radius 2 is 2.05 bits per heavy atom. The predicted molar refractivity (Wildman–Crippen MR) is 85.0 cm³/mol. The van der Waals surface area contributed by atoms with Crippen molar-refractivity contribution in [3.63, 3.8) is 0 Å². The van der Waals surface area contributed by atoms with Gasteiger partial charge >= 0.3 is 0 Å². The summed E-state index contributed by atoms with van der Waals surface area (Å²) >= 11 is 0. The molecule has 5 nitrogen and oxygen atoms in total. The largest absolute Gasteiger partial charge is 0.295 e. The minimum absolute atomic E-state index is 0.105. The highest BCUT2D eigenvalue weighted by Crippen LogP contribution is 2.21. The molecule has 2 aromatic heterocycles. The molecule has 0 fully saturated rings. The minimum Gasteiger partial charge on any atom is -0.295 e. The van der Waals surface area contributed by atoms with E-state index in [1.54, 1.807) is 37.6 Å². The number of fused-ring (bicyclic) bond motifs is 1. The molecule has 110 valence electrons. The summed E-state index contributed by atoms with van der Waals surface area (Å²) in [6.45, 7) is 3.34. The van der Waals surface area contributed by atoms with E-state index >= 15 is 0 Å². The van der Waals surface area contributed by atoms with Gasteiger partial charge in [0.25, 0.3) is 5.56 Å². The van der Waals surface area contributed by atoms with E-state index in [0.29, 0.717) is 22.3 Å². The molecule has 0 radical (unpaired) electrons. The van der Waals surface area contributed by atoms with Crippen LogP contribution in [-0.4, -0.2) is 20.3 Å². The van der Waals surface area contributed by atoms with Crippen LogP contribution in [-0.2, 0) is 7.05 Å². The van der Waals surface area contributed by atoms with Gasteiger partial charge in [-0.2, -0.15) is 0 Å². The average Bonchev–Trinajstić information content (AvgIpc) is 2.51. The molecule has 5 heteroatoms. The zero-order chi connectivity index (χ0) is 15.9. The van der Waals surface area contributed by atoms with Crippen molar-refractivity contribution in [2.45, 2.75) is 13.8 Å². The molecule has 0 unspecified atom stereocenters. The molecule has 0 aliphatic rings. The van der Waals surface area contributed by atoms with Crippen LogP contribution in [0.15, 0.2) is 41.5 Å². The van der Waals surface area contributed by atoms with Crippen molar-refractivity contribution in [1.82, 2.24) is 14.5 Å². The fraction of sp³-hybridized carbons (Fsp3) is 0.176. The van der Waals surface area contributed by atoms with Gasteiger partial charge < -0.3 is 0 Å². The number of ketones is 1. The van der Waals surface area contributed by atoms with Crippen LogP contribution in [0.4, 0.5) is 0 Å². The van der Waals surface area contributed by atoms with Crippen LogP contribution in [0, 0.1) is 6.92 Å². The number of Topliss-reactive ketones (excluding diaryl/α,β-unsaturated/α-hetero) is 1. The van der Waals surface area contributed by atoms with Crippen molar-refractivity contribution in [1.29, 1.82) is 0 Å². The van der Waals surface area contributed by atoms with Gasteiger partial charge in [0.05, 0.1) is 10.9 Å². The van der Waals surface area contributed by atoms with E-state index in [9.17, 15) is 9.59 Å². The summed E-state index contributed by atoms with van der Waals surface area (Å²) in [5, 5.41) is 0.459. The molecule has 22 heavy (non-hydrogen) atoms. The topological polar surface area (TPSA) is 64.8 Å². The number of aryl methyl sites for hydroxylation is 1. The second-order valence-corrected chi connectivity index (χ2v) is 5.31. The minimum atomic E-state index is -0.171. The smallest absolute Gasteiger partial charge is 0.261 e. The van der Waals surface area contributed by atoms with Crippen LogP contribution >= 0.6 is 0 Å². The van der Waals surface area contributed by atoms with Gasteiger partial charge in [-0.05, 0) is 43.7 Å². The monoisotopic (exact) mass is 293 g/mol. The van der Waals surface area contributed by atoms with Crippen LogP contribution in [0.25, 0.3) is 22.3 Å². The molecule has 2 heterocycles. The van der Waals surface area contributed by atoms with Crippen molar-refractivity contribution >= 4 is 16.7 Å². The first kappa shape index (κ1) is 14.1. The average molecular weight is 293 g/mol. The molecule has 0 aliphatic heterocycles. The summed E-state index contributed by atoms with van der Waals surface area (Å²) < 4.78 is 1.49. The Labute approximate surface area is 127 Å². The Balaban J connectivity index is 2.46. The molecule has 0 saturated heterocycles. The lowest BCUT2D eigenvalue weighted by Crippen LogP contribution is -2.21. The molecule has 0 N–H and O–H groups in total. The van der Waals surface area contributed by atoms with Gasteiger partial charge in [-0.1, -0.05) is 0 Å². The fourth-order valence-electron chi connectivity index (χ4n) is 2.54. The lowest BCUT2D eigenvalue weighted by Gasteiger charge is -2.11. The summed E-state index contributed by atoms with van der Waals surface area (Å²) in [7, 11) is 1.67. The summed E-state index contributed by atoms with van der Waals surface area (Å²) in [6, 6.07) is 7.16. The van der Waals surface area contributed by atoms with Gasteiger partial charge in [0.2, 0.25) is 0 Å². The first-order chi connectivity index (χ1) is 10.5. The highest BCUT2D eigenvalue weighted by Gasteiger charge is 2.15. The van der Waals surface area contributed by atoms with E-state index < -0.39 is 0 Å². The third-order valence-electron chi connectivity index (χ3n) is 3.62. The predicted octanol–water partition coefficient (Wildman–Crippen LogP) is 2.51. The Morgan fingerprint density at radius 1 is 1.27 bits per heavy atom.